The Morgan fingerprint density at radius 3 is 2.52 bits per heavy atom. The Labute approximate surface area is 160 Å². The van der Waals surface area contributed by atoms with E-state index in [1.165, 1.54) is 11.1 Å². The molecule has 6 heteroatoms. The standard InChI is InChI=1S/C21H28N6/c1-4-26(3)21-18-13-19(24-20(18)22-15-23-21)17-7-5-16(6-8-17)14-27-11-9-25(2)10-12-27/h5-8,13,15H,4,9-12,14H2,1-3H3,(H,22,23,24). The summed E-state index contributed by atoms with van der Waals surface area (Å²) in [6.45, 7) is 8.66. The second kappa shape index (κ2) is 7.66. The first kappa shape index (κ1) is 17.9. The summed E-state index contributed by atoms with van der Waals surface area (Å²) in [6, 6.07) is 11.0. The van der Waals surface area contributed by atoms with Crippen LogP contribution in [0.5, 0.6) is 0 Å². The summed E-state index contributed by atoms with van der Waals surface area (Å²) in [4.78, 5) is 19.4. The summed E-state index contributed by atoms with van der Waals surface area (Å²) in [5.41, 5.74) is 4.52. The fourth-order valence-electron chi connectivity index (χ4n) is 3.59. The molecule has 4 rings (SSSR count). The average Bonchev–Trinajstić information content (AvgIpc) is 3.14. The zero-order valence-electron chi connectivity index (χ0n) is 16.4. The molecule has 2 aromatic heterocycles. The van der Waals surface area contributed by atoms with Gasteiger partial charge in [-0.15, -0.1) is 0 Å². The van der Waals surface area contributed by atoms with Crippen LogP contribution in [0.1, 0.15) is 12.5 Å². The van der Waals surface area contributed by atoms with Crippen LogP contribution in [-0.2, 0) is 6.54 Å². The predicted molar refractivity (Wildman–Crippen MR) is 111 cm³/mol. The predicted octanol–water partition coefficient (Wildman–Crippen LogP) is 2.83. The van der Waals surface area contributed by atoms with Crippen LogP contribution in [0.25, 0.3) is 22.3 Å². The molecule has 0 aliphatic carbocycles. The normalized spacial score (nSPS) is 16.1. The molecule has 27 heavy (non-hydrogen) atoms. The van der Waals surface area contributed by atoms with Crippen molar-refractivity contribution < 1.29 is 0 Å². The van der Waals surface area contributed by atoms with E-state index in [0.29, 0.717) is 0 Å². The van der Waals surface area contributed by atoms with E-state index in [1.54, 1.807) is 6.33 Å². The van der Waals surface area contributed by atoms with Gasteiger partial charge >= 0.3 is 0 Å². The van der Waals surface area contributed by atoms with Gasteiger partial charge in [0, 0.05) is 52.0 Å². The van der Waals surface area contributed by atoms with Crippen LogP contribution in [0.4, 0.5) is 5.82 Å². The van der Waals surface area contributed by atoms with E-state index in [4.69, 9.17) is 0 Å². The van der Waals surface area contributed by atoms with E-state index in [2.05, 4.69) is 81.0 Å². The zero-order valence-corrected chi connectivity index (χ0v) is 16.4. The Bertz CT molecular complexity index is 893. The van der Waals surface area contributed by atoms with E-state index < -0.39 is 0 Å². The van der Waals surface area contributed by atoms with Gasteiger partial charge in [-0.1, -0.05) is 24.3 Å². The number of hydrogen-bond acceptors (Lipinski definition) is 5. The number of aromatic nitrogens is 3. The zero-order chi connectivity index (χ0) is 18.8. The molecular formula is C21H28N6. The van der Waals surface area contributed by atoms with E-state index >= 15 is 0 Å². The molecule has 0 amide bonds. The van der Waals surface area contributed by atoms with Crippen molar-refractivity contribution in [2.45, 2.75) is 13.5 Å². The third-order valence-electron chi connectivity index (χ3n) is 5.51. The van der Waals surface area contributed by atoms with Gasteiger partial charge in [-0.05, 0) is 31.2 Å². The molecule has 1 saturated heterocycles. The summed E-state index contributed by atoms with van der Waals surface area (Å²) in [5.74, 6) is 0.969. The second-order valence-electron chi connectivity index (χ2n) is 7.43. The largest absolute Gasteiger partial charge is 0.359 e. The Hall–Kier alpha value is -2.44. The molecule has 6 nitrogen and oxygen atoms in total. The minimum Gasteiger partial charge on any atom is -0.359 e. The fourth-order valence-corrected chi connectivity index (χ4v) is 3.59. The maximum Gasteiger partial charge on any atom is 0.143 e. The van der Waals surface area contributed by atoms with E-state index in [-0.39, 0.29) is 0 Å². The molecule has 3 heterocycles. The van der Waals surface area contributed by atoms with E-state index in [9.17, 15) is 0 Å². The van der Waals surface area contributed by atoms with Crippen LogP contribution in [0.3, 0.4) is 0 Å². The molecule has 0 radical (unpaired) electrons. The summed E-state index contributed by atoms with van der Waals surface area (Å²) in [7, 11) is 4.25. The summed E-state index contributed by atoms with van der Waals surface area (Å²) >= 11 is 0. The Morgan fingerprint density at radius 1 is 1.07 bits per heavy atom. The quantitative estimate of drug-likeness (QED) is 0.754. The number of aromatic amines is 1. The lowest BCUT2D eigenvalue weighted by atomic mass is 10.1. The third-order valence-corrected chi connectivity index (χ3v) is 5.51. The van der Waals surface area contributed by atoms with Crippen LogP contribution in [-0.4, -0.2) is 71.6 Å². The molecule has 1 aliphatic rings. The molecule has 142 valence electrons. The minimum atomic E-state index is 0.886. The smallest absolute Gasteiger partial charge is 0.143 e. The van der Waals surface area contributed by atoms with Crippen molar-refractivity contribution in [3.63, 3.8) is 0 Å². The van der Waals surface area contributed by atoms with Crippen molar-refractivity contribution in [3.05, 3.63) is 42.2 Å². The van der Waals surface area contributed by atoms with Crippen molar-refractivity contribution in [2.75, 3.05) is 51.7 Å². The van der Waals surface area contributed by atoms with Gasteiger partial charge in [-0.3, -0.25) is 4.90 Å². The first-order valence-electron chi connectivity index (χ1n) is 9.69. The molecule has 1 N–H and O–H groups in total. The molecule has 3 aromatic rings. The van der Waals surface area contributed by atoms with Gasteiger partial charge in [0.25, 0.3) is 0 Å². The fraction of sp³-hybridized carbons (Fsp3) is 0.429. The SMILES string of the molecule is CCN(C)c1ncnc2[nH]c(-c3ccc(CN4CCN(C)CC4)cc3)cc12. The number of anilines is 1. The third kappa shape index (κ3) is 3.82. The van der Waals surface area contributed by atoms with Gasteiger partial charge in [0.05, 0.1) is 5.39 Å². The number of likely N-dealkylation sites (N-methyl/N-ethyl adjacent to an activating group) is 1. The molecule has 1 fully saturated rings. The Morgan fingerprint density at radius 2 is 1.81 bits per heavy atom. The van der Waals surface area contributed by atoms with Crippen LogP contribution in [0.2, 0.25) is 0 Å². The highest BCUT2D eigenvalue weighted by Gasteiger charge is 2.14. The molecule has 0 saturated carbocycles. The van der Waals surface area contributed by atoms with Crippen molar-refractivity contribution in [3.8, 4) is 11.3 Å². The molecule has 1 aliphatic heterocycles. The maximum atomic E-state index is 4.45. The molecular weight excluding hydrogens is 336 g/mol. The van der Waals surface area contributed by atoms with Gasteiger partial charge in [0.15, 0.2) is 0 Å². The molecule has 0 bridgehead atoms. The Kier molecular flexibility index (Phi) is 5.09. The van der Waals surface area contributed by atoms with E-state index in [0.717, 1.165) is 61.8 Å². The number of nitrogens with zero attached hydrogens (tertiary/aromatic N) is 5. The number of fused-ring (bicyclic) bond motifs is 1. The highest BCUT2D eigenvalue weighted by molar-refractivity contribution is 5.91. The number of hydrogen-bond donors (Lipinski definition) is 1. The first-order chi connectivity index (χ1) is 13.1. The number of piperazine rings is 1. The molecule has 0 spiro atoms. The highest BCUT2D eigenvalue weighted by Crippen LogP contribution is 2.28. The van der Waals surface area contributed by atoms with Gasteiger partial charge in [-0.2, -0.15) is 0 Å². The number of nitrogens with one attached hydrogen (secondary N) is 1. The molecule has 1 aromatic carbocycles. The van der Waals surface area contributed by atoms with Crippen molar-refractivity contribution in [2.24, 2.45) is 0 Å². The minimum absolute atomic E-state index is 0.886. The molecule has 0 atom stereocenters. The molecule has 0 unspecified atom stereocenters. The summed E-state index contributed by atoms with van der Waals surface area (Å²) in [6.07, 6.45) is 1.63. The Balaban J connectivity index is 1.53. The lowest BCUT2D eigenvalue weighted by molar-refractivity contribution is 0.148. The van der Waals surface area contributed by atoms with Gasteiger partial charge in [-0.25, -0.2) is 9.97 Å². The lowest BCUT2D eigenvalue weighted by Gasteiger charge is -2.32. The topological polar surface area (TPSA) is 51.3 Å². The summed E-state index contributed by atoms with van der Waals surface area (Å²) in [5, 5.41) is 1.07. The van der Waals surface area contributed by atoms with Gasteiger partial charge < -0.3 is 14.8 Å². The van der Waals surface area contributed by atoms with E-state index in [1.807, 2.05) is 0 Å². The van der Waals surface area contributed by atoms with Crippen molar-refractivity contribution in [1.82, 2.24) is 24.8 Å². The average molecular weight is 364 g/mol. The maximum absolute atomic E-state index is 4.45. The van der Waals surface area contributed by atoms with Crippen molar-refractivity contribution >= 4 is 16.9 Å². The number of H-pyrrole nitrogens is 1. The highest BCUT2D eigenvalue weighted by atomic mass is 15.2. The summed E-state index contributed by atoms with van der Waals surface area (Å²) < 4.78 is 0. The number of rotatable bonds is 5. The monoisotopic (exact) mass is 364 g/mol. The van der Waals surface area contributed by atoms with Gasteiger partial charge in [0.1, 0.15) is 17.8 Å². The lowest BCUT2D eigenvalue weighted by Crippen LogP contribution is -2.43. The van der Waals surface area contributed by atoms with Crippen molar-refractivity contribution in [1.29, 1.82) is 0 Å². The number of benzene rings is 1. The van der Waals surface area contributed by atoms with Crippen LogP contribution >= 0.6 is 0 Å². The van der Waals surface area contributed by atoms with Crippen LogP contribution in [0, 0.1) is 0 Å². The van der Waals surface area contributed by atoms with Crippen LogP contribution in [0.15, 0.2) is 36.7 Å². The van der Waals surface area contributed by atoms with Gasteiger partial charge in [0.2, 0.25) is 0 Å². The second-order valence-corrected chi connectivity index (χ2v) is 7.43. The van der Waals surface area contributed by atoms with Crippen LogP contribution < -0.4 is 4.90 Å². The first-order valence-corrected chi connectivity index (χ1v) is 9.69.